The Bertz CT molecular complexity index is 938. The Morgan fingerprint density at radius 1 is 1.14 bits per heavy atom. The van der Waals surface area contributed by atoms with Crippen LogP contribution in [0.2, 0.25) is 0 Å². The Balaban J connectivity index is 2.25. The lowest BCUT2D eigenvalue weighted by Crippen LogP contribution is -2.27. The monoisotopic (exact) mass is 389 g/mol. The molecule has 0 heterocycles. The number of para-hydroxylation sites is 1. The van der Waals surface area contributed by atoms with Gasteiger partial charge in [-0.1, -0.05) is 12.1 Å². The van der Waals surface area contributed by atoms with Gasteiger partial charge in [-0.05, 0) is 52.0 Å². The van der Waals surface area contributed by atoms with Gasteiger partial charge in [-0.25, -0.2) is 9.18 Å². The number of hydrogen-bond donors (Lipinski definition) is 2. The molecule has 2 aromatic rings. The van der Waals surface area contributed by atoms with E-state index in [1.54, 1.807) is 20.8 Å². The normalized spacial score (nSPS) is 10.9. The molecule has 0 fully saturated rings. The predicted octanol–water partition coefficient (Wildman–Crippen LogP) is 4.64. The first-order valence-electron chi connectivity index (χ1n) is 8.33. The molecule has 8 nitrogen and oxygen atoms in total. The van der Waals surface area contributed by atoms with Crippen LogP contribution >= 0.6 is 0 Å². The van der Waals surface area contributed by atoms with Gasteiger partial charge >= 0.3 is 6.09 Å². The van der Waals surface area contributed by atoms with Crippen LogP contribution in [0.3, 0.4) is 0 Å². The molecule has 0 spiro atoms. The van der Waals surface area contributed by atoms with Crippen LogP contribution in [0.5, 0.6) is 0 Å². The molecule has 2 amide bonds. The van der Waals surface area contributed by atoms with Gasteiger partial charge in [-0.15, -0.1) is 0 Å². The van der Waals surface area contributed by atoms with E-state index >= 15 is 0 Å². The molecule has 0 aliphatic heterocycles. The molecule has 2 aromatic carbocycles. The van der Waals surface area contributed by atoms with Crippen LogP contribution in [-0.2, 0) is 4.74 Å². The molecular formula is C19H20FN3O5. The van der Waals surface area contributed by atoms with Gasteiger partial charge in [0.25, 0.3) is 11.6 Å². The lowest BCUT2D eigenvalue weighted by atomic mass is 10.1. The first-order valence-corrected chi connectivity index (χ1v) is 8.33. The number of anilines is 2. The van der Waals surface area contributed by atoms with Crippen molar-refractivity contribution in [3.05, 3.63) is 63.5 Å². The van der Waals surface area contributed by atoms with Gasteiger partial charge in [0.1, 0.15) is 17.0 Å². The highest BCUT2D eigenvalue weighted by molar-refractivity contribution is 6.07. The van der Waals surface area contributed by atoms with E-state index in [2.05, 4.69) is 10.6 Å². The smallest absolute Gasteiger partial charge is 0.412 e. The van der Waals surface area contributed by atoms with Crippen LogP contribution in [-0.4, -0.2) is 22.5 Å². The van der Waals surface area contributed by atoms with Crippen molar-refractivity contribution in [3.8, 4) is 0 Å². The number of carbonyl (C=O) groups is 2. The quantitative estimate of drug-likeness (QED) is 0.584. The zero-order chi connectivity index (χ0) is 21.1. The van der Waals surface area contributed by atoms with E-state index < -0.39 is 28.3 Å². The van der Waals surface area contributed by atoms with Crippen LogP contribution in [0, 0.1) is 22.9 Å². The van der Waals surface area contributed by atoms with E-state index in [1.807, 2.05) is 0 Å². The summed E-state index contributed by atoms with van der Waals surface area (Å²) in [5, 5.41) is 16.0. The molecule has 0 aliphatic carbocycles. The van der Waals surface area contributed by atoms with E-state index in [0.717, 1.165) is 6.07 Å². The van der Waals surface area contributed by atoms with Crippen molar-refractivity contribution < 1.29 is 23.6 Å². The maximum absolute atomic E-state index is 14.1. The fraction of sp³-hybridized carbons (Fsp3) is 0.263. The van der Waals surface area contributed by atoms with Crippen molar-refractivity contribution in [2.24, 2.45) is 0 Å². The van der Waals surface area contributed by atoms with Gasteiger partial charge in [0.2, 0.25) is 0 Å². The maximum atomic E-state index is 14.1. The Morgan fingerprint density at radius 3 is 2.43 bits per heavy atom. The zero-order valence-electron chi connectivity index (χ0n) is 15.8. The van der Waals surface area contributed by atoms with Crippen molar-refractivity contribution in [2.45, 2.75) is 33.3 Å². The number of rotatable bonds is 4. The molecule has 148 valence electrons. The van der Waals surface area contributed by atoms with Crippen LogP contribution in [0.4, 0.5) is 26.2 Å². The molecule has 0 aromatic heterocycles. The second-order valence-electron chi connectivity index (χ2n) is 7.00. The Morgan fingerprint density at radius 2 is 1.82 bits per heavy atom. The van der Waals surface area contributed by atoms with Gasteiger partial charge < -0.3 is 10.1 Å². The van der Waals surface area contributed by atoms with E-state index in [4.69, 9.17) is 4.74 Å². The molecule has 9 heteroatoms. The number of amides is 2. The van der Waals surface area contributed by atoms with Crippen molar-refractivity contribution in [1.82, 2.24) is 0 Å². The fourth-order valence-corrected chi connectivity index (χ4v) is 2.39. The molecule has 2 N–H and O–H groups in total. The van der Waals surface area contributed by atoms with E-state index in [1.165, 1.54) is 37.3 Å². The molecular weight excluding hydrogens is 369 g/mol. The number of nitrogens with zero attached hydrogens (tertiary/aromatic N) is 1. The minimum absolute atomic E-state index is 0.185. The molecule has 0 atom stereocenters. The number of benzene rings is 2. The lowest BCUT2D eigenvalue weighted by Gasteiger charge is -2.20. The van der Waals surface area contributed by atoms with Crippen LogP contribution in [0.1, 0.15) is 36.7 Å². The van der Waals surface area contributed by atoms with E-state index in [9.17, 15) is 24.1 Å². The molecule has 0 bridgehead atoms. The third kappa shape index (κ3) is 5.26. The Kier molecular flexibility index (Phi) is 5.97. The number of aryl methyl sites for hydroxylation is 1. The number of nitrogens with one attached hydrogen (secondary N) is 2. The van der Waals surface area contributed by atoms with E-state index in [0.29, 0.717) is 5.56 Å². The number of hydrogen-bond acceptors (Lipinski definition) is 5. The summed E-state index contributed by atoms with van der Waals surface area (Å²) in [6.45, 7) is 6.58. The van der Waals surface area contributed by atoms with Gasteiger partial charge in [0.05, 0.1) is 10.6 Å². The van der Waals surface area contributed by atoms with Crippen LogP contribution in [0.15, 0.2) is 36.4 Å². The standard InChI is InChI=1S/C19H20FN3O5/c1-11-6-5-7-13(16(11)23(26)27)17(24)22-15-10-12(8-9-14(15)20)21-18(25)28-19(2,3)4/h5-10H,1-4H3,(H,21,25)(H,22,24). The van der Waals surface area contributed by atoms with Crippen molar-refractivity contribution in [2.75, 3.05) is 10.6 Å². The van der Waals surface area contributed by atoms with Gasteiger partial charge in [-0.3, -0.25) is 20.2 Å². The topological polar surface area (TPSA) is 111 Å². The van der Waals surface area contributed by atoms with Gasteiger partial charge in [-0.2, -0.15) is 0 Å². The second-order valence-corrected chi connectivity index (χ2v) is 7.00. The predicted molar refractivity (Wildman–Crippen MR) is 102 cm³/mol. The first-order chi connectivity index (χ1) is 13.0. The van der Waals surface area contributed by atoms with Gasteiger partial charge in [0, 0.05) is 11.3 Å². The summed E-state index contributed by atoms with van der Waals surface area (Å²) in [6.07, 6.45) is -0.745. The molecule has 0 radical (unpaired) electrons. The number of carbonyl (C=O) groups excluding carboxylic acids is 2. The minimum atomic E-state index is -0.844. The Hall–Kier alpha value is -3.49. The molecule has 2 rings (SSSR count). The Labute approximate surface area is 160 Å². The molecule has 0 saturated carbocycles. The van der Waals surface area contributed by atoms with Crippen LogP contribution < -0.4 is 10.6 Å². The molecule has 0 unspecified atom stereocenters. The third-order valence-corrected chi connectivity index (χ3v) is 3.52. The minimum Gasteiger partial charge on any atom is -0.444 e. The highest BCUT2D eigenvalue weighted by Gasteiger charge is 2.23. The lowest BCUT2D eigenvalue weighted by molar-refractivity contribution is -0.385. The average Bonchev–Trinajstić information content (AvgIpc) is 2.55. The summed E-state index contributed by atoms with van der Waals surface area (Å²) < 4.78 is 19.2. The number of ether oxygens (including phenoxy) is 1. The zero-order valence-corrected chi connectivity index (χ0v) is 15.8. The largest absolute Gasteiger partial charge is 0.444 e. The van der Waals surface area contributed by atoms with Crippen molar-refractivity contribution in [3.63, 3.8) is 0 Å². The number of nitro benzene ring substituents is 1. The average molecular weight is 389 g/mol. The number of nitro groups is 1. The second kappa shape index (κ2) is 8.03. The third-order valence-electron chi connectivity index (χ3n) is 3.52. The highest BCUT2D eigenvalue weighted by atomic mass is 19.1. The van der Waals surface area contributed by atoms with Crippen molar-refractivity contribution in [1.29, 1.82) is 0 Å². The summed E-state index contributed by atoms with van der Waals surface area (Å²) in [6, 6.07) is 7.81. The van der Waals surface area contributed by atoms with Crippen molar-refractivity contribution >= 4 is 29.1 Å². The first kappa shape index (κ1) is 20.8. The SMILES string of the molecule is Cc1cccc(C(=O)Nc2cc(NC(=O)OC(C)(C)C)ccc2F)c1[N+](=O)[O-]. The number of halogens is 1. The van der Waals surface area contributed by atoms with E-state index in [-0.39, 0.29) is 22.6 Å². The highest BCUT2D eigenvalue weighted by Crippen LogP contribution is 2.26. The summed E-state index contributed by atoms with van der Waals surface area (Å²) in [5.41, 5.74) is -1.03. The van der Waals surface area contributed by atoms with Gasteiger partial charge in [0.15, 0.2) is 0 Å². The molecule has 0 aliphatic rings. The molecule has 28 heavy (non-hydrogen) atoms. The van der Waals surface area contributed by atoms with Crippen LogP contribution in [0.25, 0.3) is 0 Å². The maximum Gasteiger partial charge on any atom is 0.412 e. The molecule has 0 saturated heterocycles. The summed E-state index contributed by atoms with van der Waals surface area (Å²) in [5.74, 6) is -1.61. The summed E-state index contributed by atoms with van der Waals surface area (Å²) in [4.78, 5) is 34.9. The summed E-state index contributed by atoms with van der Waals surface area (Å²) in [7, 11) is 0. The fourth-order valence-electron chi connectivity index (χ4n) is 2.39. The summed E-state index contributed by atoms with van der Waals surface area (Å²) >= 11 is 0.